The number of rotatable bonds is 4. The molecule has 1 aromatic carbocycles. The van der Waals surface area contributed by atoms with Crippen molar-refractivity contribution in [3.8, 4) is 11.1 Å². The van der Waals surface area contributed by atoms with Crippen LogP contribution in [0.3, 0.4) is 0 Å². The lowest BCUT2D eigenvalue weighted by molar-refractivity contribution is 0.0521. The number of nitrogens with zero attached hydrogens (tertiary/aromatic N) is 2. The number of fused-ring (bicyclic) bond motifs is 1. The Bertz CT molecular complexity index is 920. The van der Waals surface area contributed by atoms with E-state index in [4.69, 9.17) is 4.74 Å². The lowest BCUT2D eigenvalue weighted by atomic mass is 10.0. The quantitative estimate of drug-likeness (QED) is 0.742. The minimum atomic E-state index is -0.417. The van der Waals surface area contributed by atoms with E-state index in [1.165, 1.54) is 12.1 Å². The van der Waals surface area contributed by atoms with Gasteiger partial charge in [0.15, 0.2) is 0 Å². The molecule has 4 rings (SSSR count). The molecule has 0 atom stereocenters. The molecule has 1 aliphatic carbocycles. The number of carbonyl (C=O) groups is 1. The van der Waals surface area contributed by atoms with Crippen molar-refractivity contribution in [2.24, 2.45) is 7.05 Å². The number of aryl methyl sites for hydroxylation is 1. The number of H-pyrrole nitrogens is 1. The number of halogens is 1. The first-order valence-electron chi connectivity index (χ1n) is 8.11. The summed E-state index contributed by atoms with van der Waals surface area (Å²) >= 11 is 0. The van der Waals surface area contributed by atoms with E-state index in [0.717, 1.165) is 35.1 Å². The van der Waals surface area contributed by atoms with Crippen LogP contribution in [-0.2, 0) is 11.8 Å². The number of nitrogens with one attached hydrogen (secondary N) is 1. The van der Waals surface area contributed by atoms with Crippen molar-refractivity contribution in [2.75, 3.05) is 6.61 Å². The molecule has 0 bridgehead atoms. The van der Waals surface area contributed by atoms with Crippen molar-refractivity contribution in [3.05, 3.63) is 41.5 Å². The SMILES string of the molecule is CCOC(=O)c1[nH]c2c(C3CC3)n(C)nc2c1-c1ccc(F)cc1. The van der Waals surface area contributed by atoms with Crippen LogP contribution in [0.1, 0.15) is 41.9 Å². The first-order valence-corrected chi connectivity index (χ1v) is 8.11. The molecule has 24 heavy (non-hydrogen) atoms. The molecule has 0 aliphatic heterocycles. The van der Waals surface area contributed by atoms with Crippen LogP contribution in [0.5, 0.6) is 0 Å². The van der Waals surface area contributed by atoms with E-state index >= 15 is 0 Å². The van der Waals surface area contributed by atoms with Gasteiger partial charge in [-0.25, -0.2) is 9.18 Å². The molecule has 3 aromatic rings. The van der Waals surface area contributed by atoms with Gasteiger partial charge < -0.3 is 9.72 Å². The smallest absolute Gasteiger partial charge is 0.355 e. The summed E-state index contributed by atoms with van der Waals surface area (Å²) in [6.45, 7) is 2.06. The molecule has 1 N–H and O–H groups in total. The number of aromatic nitrogens is 3. The molecule has 0 spiro atoms. The summed E-state index contributed by atoms with van der Waals surface area (Å²) in [5.74, 6) is -0.253. The van der Waals surface area contributed by atoms with Gasteiger partial charge in [-0.05, 0) is 37.5 Å². The maximum atomic E-state index is 13.3. The average Bonchev–Trinajstić information content (AvgIpc) is 3.24. The topological polar surface area (TPSA) is 59.9 Å². The van der Waals surface area contributed by atoms with Crippen LogP contribution < -0.4 is 0 Å². The van der Waals surface area contributed by atoms with E-state index in [1.54, 1.807) is 19.1 Å². The van der Waals surface area contributed by atoms with Gasteiger partial charge in [0, 0.05) is 18.5 Å². The number of carbonyl (C=O) groups excluding carboxylic acids is 1. The fourth-order valence-corrected chi connectivity index (χ4v) is 3.22. The molecule has 2 aromatic heterocycles. The average molecular weight is 327 g/mol. The second kappa shape index (κ2) is 5.47. The standard InChI is InChI=1S/C18H18FN3O2/c1-3-24-18(23)15-13(10-6-8-12(19)9-7-10)14-16(20-15)17(11-4-5-11)22(2)21-14/h6-9,11,20H,3-5H2,1-2H3. The van der Waals surface area contributed by atoms with Crippen LogP contribution in [0, 0.1) is 5.82 Å². The first-order chi connectivity index (χ1) is 11.6. The van der Waals surface area contributed by atoms with Crippen molar-refractivity contribution in [1.82, 2.24) is 14.8 Å². The van der Waals surface area contributed by atoms with E-state index in [1.807, 2.05) is 11.7 Å². The Balaban J connectivity index is 1.96. The van der Waals surface area contributed by atoms with Gasteiger partial charge in [-0.2, -0.15) is 5.10 Å². The molecule has 2 heterocycles. The van der Waals surface area contributed by atoms with Crippen LogP contribution in [0.15, 0.2) is 24.3 Å². The zero-order chi connectivity index (χ0) is 16.8. The summed E-state index contributed by atoms with van der Waals surface area (Å²) in [4.78, 5) is 15.6. The Morgan fingerprint density at radius 1 is 1.38 bits per heavy atom. The van der Waals surface area contributed by atoms with Gasteiger partial charge in [0.25, 0.3) is 0 Å². The maximum absolute atomic E-state index is 13.3. The van der Waals surface area contributed by atoms with Crippen molar-refractivity contribution in [1.29, 1.82) is 0 Å². The number of hydrogen-bond acceptors (Lipinski definition) is 3. The Hall–Kier alpha value is -2.63. The third-order valence-electron chi connectivity index (χ3n) is 4.40. The molecule has 0 saturated heterocycles. The number of esters is 1. The highest BCUT2D eigenvalue weighted by atomic mass is 19.1. The van der Waals surface area contributed by atoms with Gasteiger partial charge in [0.2, 0.25) is 0 Å². The molecule has 1 saturated carbocycles. The molecule has 0 unspecified atom stereocenters. The lowest BCUT2D eigenvalue weighted by Crippen LogP contribution is -2.07. The monoisotopic (exact) mass is 327 g/mol. The molecule has 1 fully saturated rings. The molecule has 124 valence electrons. The van der Waals surface area contributed by atoms with E-state index in [9.17, 15) is 9.18 Å². The van der Waals surface area contributed by atoms with Gasteiger partial charge in [-0.1, -0.05) is 12.1 Å². The fraction of sp³-hybridized carbons (Fsp3) is 0.333. The fourth-order valence-electron chi connectivity index (χ4n) is 3.22. The van der Waals surface area contributed by atoms with Crippen LogP contribution in [0.2, 0.25) is 0 Å². The Morgan fingerprint density at radius 3 is 2.71 bits per heavy atom. The Morgan fingerprint density at radius 2 is 2.08 bits per heavy atom. The summed E-state index contributed by atoms with van der Waals surface area (Å²) in [6, 6.07) is 6.08. The molecule has 0 amide bonds. The molecular weight excluding hydrogens is 309 g/mol. The highest BCUT2D eigenvalue weighted by Gasteiger charge is 2.32. The number of benzene rings is 1. The van der Waals surface area contributed by atoms with Gasteiger partial charge in [0.1, 0.15) is 17.0 Å². The minimum absolute atomic E-state index is 0.293. The number of hydrogen-bond donors (Lipinski definition) is 1. The van der Waals surface area contributed by atoms with Crippen LogP contribution in [0.4, 0.5) is 4.39 Å². The second-order valence-corrected chi connectivity index (χ2v) is 6.11. The predicted molar refractivity (Wildman–Crippen MR) is 88.4 cm³/mol. The highest BCUT2D eigenvalue weighted by molar-refractivity contribution is 6.07. The summed E-state index contributed by atoms with van der Waals surface area (Å²) in [7, 11) is 1.92. The molecular formula is C18H18FN3O2. The molecule has 5 nitrogen and oxygen atoms in total. The summed E-state index contributed by atoms with van der Waals surface area (Å²) < 4.78 is 20.3. The first kappa shape index (κ1) is 14.9. The van der Waals surface area contributed by atoms with Crippen LogP contribution in [0.25, 0.3) is 22.2 Å². The van der Waals surface area contributed by atoms with Crippen molar-refractivity contribution < 1.29 is 13.9 Å². The highest BCUT2D eigenvalue weighted by Crippen LogP contribution is 2.44. The van der Waals surface area contributed by atoms with E-state index in [0.29, 0.717) is 23.8 Å². The zero-order valence-corrected chi connectivity index (χ0v) is 13.6. The second-order valence-electron chi connectivity index (χ2n) is 6.11. The zero-order valence-electron chi connectivity index (χ0n) is 13.6. The molecule has 1 aliphatic rings. The summed E-state index contributed by atoms with van der Waals surface area (Å²) in [5, 5.41) is 4.62. The van der Waals surface area contributed by atoms with Crippen molar-refractivity contribution >= 4 is 17.0 Å². The van der Waals surface area contributed by atoms with Gasteiger partial charge in [-0.15, -0.1) is 0 Å². The van der Waals surface area contributed by atoms with Crippen LogP contribution in [-0.4, -0.2) is 27.3 Å². The Kier molecular flexibility index (Phi) is 3.40. The third kappa shape index (κ3) is 2.29. The normalized spacial score (nSPS) is 14.3. The van der Waals surface area contributed by atoms with E-state index in [-0.39, 0.29) is 5.82 Å². The lowest BCUT2D eigenvalue weighted by Gasteiger charge is -2.05. The molecule has 0 radical (unpaired) electrons. The van der Waals surface area contributed by atoms with E-state index < -0.39 is 5.97 Å². The predicted octanol–water partition coefficient (Wildman–Crippen LogP) is 3.76. The van der Waals surface area contributed by atoms with Gasteiger partial charge in [-0.3, -0.25) is 4.68 Å². The minimum Gasteiger partial charge on any atom is -0.461 e. The third-order valence-corrected chi connectivity index (χ3v) is 4.40. The Labute approximate surface area is 138 Å². The largest absolute Gasteiger partial charge is 0.461 e. The number of ether oxygens (including phenoxy) is 1. The molecule has 6 heteroatoms. The van der Waals surface area contributed by atoms with Gasteiger partial charge >= 0.3 is 5.97 Å². The summed E-state index contributed by atoms with van der Waals surface area (Å²) in [6.07, 6.45) is 2.27. The van der Waals surface area contributed by atoms with Gasteiger partial charge in [0.05, 0.1) is 17.8 Å². The summed E-state index contributed by atoms with van der Waals surface area (Å²) in [5.41, 5.74) is 4.51. The van der Waals surface area contributed by atoms with Crippen LogP contribution >= 0.6 is 0 Å². The van der Waals surface area contributed by atoms with E-state index in [2.05, 4.69) is 10.1 Å². The number of aromatic amines is 1. The maximum Gasteiger partial charge on any atom is 0.355 e. The van der Waals surface area contributed by atoms with Crippen molar-refractivity contribution in [2.45, 2.75) is 25.7 Å². The van der Waals surface area contributed by atoms with Crippen molar-refractivity contribution in [3.63, 3.8) is 0 Å².